The minimum Gasteiger partial charge on any atom is -0.363 e. The highest BCUT2D eigenvalue weighted by molar-refractivity contribution is 8.18. The van der Waals surface area contributed by atoms with E-state index in [1.807, 2.05) is 37.3 Å². The second kappa shape index (κ2) is 8.28. The van der Waals surface area contributed by atoms with Crippen LogP contribution in [0.4, 0.5) is 10.5 Å². The first-order chi connectivity index (χ1) is 15.1. The van der Waals surface area contributed by atoms with Gasteiger partial charge >= 0.3 is 0 Å². The summed E-state index contributed by atoms with van der Waals surface area (Å²) >= 11 is 1.02. The molecule has 4 nitrogen and oxygen atoms in total. The standard InChI is InChI=1S/C27H30N2O2S/c1-7-29-23-12-18(3)21(13-22(23)19(4)15-27(29,5)6)14-24-25(30)28(26(31)32-24)16-20-10-8-17(2)9-11-20/h8-15H,7,16H2,1-6H3/b24-14+. The van der Waals surface area contributed by atoms with Crippen LogP contribution < -0.4 is 4.90 Å². The van der Waals surface area contributed by atoms with Crippen molar-refractivity contribution in [1.29, 1.82) is 0 Å². The Kier molecular flexibility index (Phi) is 5.80. The van der Waals surface area contributed by atoms with E-state index in [4.69, 9.17) is 0 Å². The maximum atomic E-state index is 13.0. The van der Waals surface area contributed by atoms with Gasteiger partial charge in [0.2, 0.25) is 0 Å². The number of thioether (sulfide) groups is 1. The molecule has 5 heteroatoms. The van der Waals surface area contributed by atoms with Crippen LogP contribution in [-0.4, -0.2) is 28.1 Å². The minimum atomic E-state index is -0.221. The molecule has 0 bridgehead atoms. The summed E-state index contributed by atoms with van der Waals surface area (Å²) in [4.78, 5) is 29.8. The van der Waals surface area contributed by atoms with E-state index in [1.54, 1.807) is 0 Å². The third-order valence-corrected chi connectivity index (χ3v) is 7.21. The molecule has 2 aromatic carbocycles. The Morgan fingerprint density at radius 1 is 1.03 bits per heavy atom. The van der Waals surface area contributed by atoms with Crippen molar-refractivity contribution >= 4 is 40.2 Å². The summed E-state index contributed by atoms with van der Waals surface area (Å²) in [5, 5.41) is -0.215. The number of anilines is 1. The first-order valence-electron chi connectivity index (χ1n) is 11.0. The van der Waals surface area contributed by atoms with Gasteiger partial charge in [-0.15, -0.1) is 0 Å². The topological polar surface area (TPSA) is 40.6 Å². The molecule has 1 fully saturated rings. The molecule has 0 aromatic heterocycles. The van der Waals surface area contributed by atoms with Crippen molar-refractivity contribution in [2.45, 2.75) is 53.6 Å². The third-order valence-electron chi connectivity index (χ3n) is 6.30. The van der Waals surface area contributed by atoms with E-state index < -0.39 is 0 Å². The molecule has 2 aromatic rings. The van der Waals surface area contributed by atoms with E-state index in [0.717, 1.165) is 40.6 Å². The second-order valence-corrected chi connectivity index (χ2v) is 10.2. The van der Waals surface area contributed by atoms with Crippen molar-refractivity contribution in [2.75, 3.05) is 11.4 Å². The average molecular weight is 447 g/mol. The zero-order valence-electron chi connectivity index (χ0n) is 19.7. The van der Waals surface area contributed by atoms with E-state index >= 15 is 0 Å². The Balaban J connectivity index is 1.66. The molecule has 0 radical (unpaired) electrons. The van der Waals surface area contributed by atoms with E-state index in [9.17, 15) is 9.59 Å². The lowest BCUT2D eigenvalue weighted by Gasteiger charge is -2.43. The van der Waals surface area contributed by atoms with E-state index in [2.05, 4.69) is 57.7 Å². The fourth-order valence-corrected chi connectivity index (χ4v) is 5.46. The lowest BCUT2D eigenvalue weighted by Crippen LogP contribution is -2.44. The van der Waals surface area contributed by atoms with Gasteiger partial charge < -0.3 is 4.90 Å². The molecule has 1 saturated heterocycles. The van der Waals surface area contributed by atoms with Crippen LogP contribution in [-0.2, 0) is 11.3 Å². The number of aryl methyl sites for hydroxylation is 2. The Bertz CT molecular complexity index is 1160. The number of allylic oxidation sites excluding steroid dienone is 1. The number of hydrogen-bond acceptors (Lipinski definition) is 4. The molecule has 0 N–H and O–H groups in total. The fourth-order valence-electron chi connectivity index (χ4n) is 4.63. The number of nitrogens with zero attached hydrogens (tertiary/aromatic N) is 2. The highest BCUT2D eigenvalue weighted by Crippen LogP contribution is 2.41. The predicted molar refractivity (Wildman–Crippen MR) is 135 cm³/mol. The molecule has 0 saturated carbocycles. The number of rotatable bonds is 4. The van der Waals surface area contributed by atoms with Gasteiger partial charge in [-0.05, 0) is 93.8 Å². The van der Waals surface area contributed by atoms with Gasteiger partial charge in [0, 0.05) is 17.8 Å². The maximum Gasteiger partial charge on any atom is 0.293 e. The van der Waals surface area contributed by atoms with Crippen molar-refractivity contribution in [3.8, 4) is 0 Å². The summed E-state index contributed by atoms with van der Waals surface area (Å²) in [6.45, 7) is 14.1. The fraction of sp³-hybridized carbons (Fsp3) is 0.333. The SMILES string of the molecule is CCN1c2cc(C)c(/C=C3/SC(=O)N(Cc4ccc(C)cc4)C3=O)cc2C(C)=CC1(C)C. The van der Waals surface area contributed by atoms with Gasteiger partial charge in [0.25, 0.3) is 11.1 Å². The Morgan fingerprint density at radius 2 is 1.72 bits per heavy atom. The highest BCUT2D eigenvalue weighted by atomic mass is 32.2. The number of fused-ring (bicyclic) bond motifs is 1. The van der Waals surface area contributed by atoms with Crippen LogP contribution in [0.5, 0.6) is 0 Å². The summed E-state index contributed by atoms with van der Waals surface area (Å²) in [6, 6.07) is 12.3. The molecule has 2 aliphatic rings. The molecule has 4 rings (SSSR count). The van der Waals surface area contributed by atoms with E-state index in [1.165, 1.54) is 21.7 Å². The molecule has 0 aliphatic carbocycles. The Morgan fingerprint density at radius 3 is 2.38 bits per heavy atom. The van der Waals surface area contributed by atoms with Crippen molar-refractivity contribution < 1.29 is 9.59 Å². The zero-order chi connectivity index (χ0) is 23.2. The minimum absolute atomic E-state index is 0.0432. The number of likely N-dealkylation sites (N-methyl/N-ethyl adjacent to an activating group) is 1. The quantitative estimate of drug-likeness (QED) is 0.499. The summed E-state index contributed by atoms with van der Waals surface area (Å²) in [6.07, 6.45) is 4.17. The maximum absolute atomic E-state index is 13.0. The molecule has 166 valence electrons. The molecule has 0 unspecified atom stereocenters. The van der Waals surface area contributed by atoms with Crippen molar-refractivity contribution in [2.24, 2.45) is 0 Å². The van der Waals surface area contributed by atoms with Crippen LogP contribution in [0.25, 0.3) is 11.6 Å². The van der Waals surface area contributed by atoms with Crippen LogP contribution in [0.3, 0.4) is 0 Å². The van der Waals surface area contributed by atoms with Crippen molar-refractivity contribution in [3.05, 3.63) is 75.2 Å². The molecular weight excluding hydrogens is 416 g/mol. The monoisotopic (exact) mass is 446 g/mol. The molecule has 0 atom stereocenters. The molecule has 32 heavy (non-hydrogen) atoms. The summed E-state index contributed by atoms with van der Waals surface area (Å²) in [5.41, 5.74) is 7.77. The van der Waals surface area contributed by atoms with E-state index in [0.29, 0.717) is 11.4 Å². The van der Waals surface area contributed by atoms with Crippen LogP contribution in [0.15, 0.2) is 47.4 Å². The Labute approximate surface area is 195 Å². The number of imide groups is 1. The first-order valence-corrected chi connectivity index (χ1v) is 11.9. The van der Waals surface area contributed by atoms with Crippen molar-refractivity contribution in [3.63, 3.8) is 0 Å². The van der Waals surface area contributed by atoms with Gasteiger partial charge in [0.1, 0.15) is 0 Å². The Hall–Kier alpha value is -2.79. The number of carbonyl (C=O) groups excluding carboxylic acids is 2. The van der Waals surface area contributed by atoms with Gasteiger partial charge in [0.15, 0.2) is 0 Å². The summed E-state index contributed by atoms with van der Waals surface area (Å²) in [7, 11) is 0. The normalized spacial score (nSPS) is 18.9. The molecule has 2 amide bonds. The number of carbonyl (C=O) groups is 2. The highest BCUT2D eigenvalue weighted by Gasteiger charge is 2.35. The van der Waals surface area contributed by atoms with Crippen molar-refractivity contribution in [1.82, 2.24) is 4.90 Å². The summed E-state index contributed by atoms with van der Waals surface area (Å²) in [5.74, 6) is -0.221. The molecular formula is C27H30N2O2S. The van der Waals surface area contributed by atoms with Gasteiger partial charge in [-0.25, -0.2) is 0 Å². The van der Waals surface area contributed by atoms with Crippen LogP contribution in [0.1, 0.15) is 55.5 Å². The van der Waals surface area contributed by atoms with Gasteiger partial charge in [-0.2, -0.15) is 0 Å². The van der Waals surface area contributed by atoms with Gasteiger partial charge in [-0.3, -0.25) is 14.5 Å². The molecule has 0 spiro atoms. The number of amides is 2. The molecule has 2 aliphatic heterocycles. The lowest BCUT2D eigenvalue weighted by molar-refractivity contribution is -0.123. The van der Waals surface area contributed by atoms with Crippen LogP contribution in [0.2, 0.25) is 0 Å². The molecule has 2 heterocycles. The van der Waals surface area contributed by atoms with E-state index in [-0.39, 0.29) is 16.7 Å². The average Bonchev–Trinajstić information content (AvgIpc) is 2.98. The van der Waals surface area contributed by atoms with Gasteiger partial charge in [0.05, 0.1) is 17.0 Å². The van der Waals surface area contributed by atoms with Crippen LogP contribution in [0, 0.1) is 13.8 Å². The number of hydrogen-bond donors (Lipinski definition) is 0. The third kappa shape index (κ3) is 4.02. The lowest BCUT2D eigenvalue weighted by atomic mass is 9.87. The smallest absolute Gasteiger partial charge is 0.293 e. The summed E-state index contributed by atoms with van der Waals surface area (Å²) < 4.78 is 0. The first kappa shape index (κ1) is 22.4. The van der Waals surface area contributed by atoms with Gasteiger partial charge in [-0.1, -0.05) is 35.9 Å². The predicted octanol–water partition coefficient (Wildman–Crippen LogP) is 6.56. The number of benzene rings is 2. The second-order valence-electron chi connectivity index (χ2n) is 9.20. The largest absolute Gasteiger partial charge is 0.363 e. The zero-order valence-corrected chi connectivity index (χ0v) is 20.5. The van der Waals surface area contributed by atoms with Crippen LogP contribution >= 0.6 is 11.8 Å².